The lowest BCUT2D eigenvalue weighted by atomic mass is 10.0. The average molecular weight is 987 g/mol. The number of fused-ring (bicyclic) bond motifs is 1. The summed E-state index contributed by atoms with van der Waals surface area (Å²) in [5, 5.41) is 4.96. The molecule has 1 heterocycles. The third-order valence-electron chi connectivity index (χ3n) is 10.5. The third-order valence-corrected chi connectivity index (χ3v) is 12.3. The lowest BCUT2D eigenvalue weighted by Crippen LogP contribution is -2.54. The highest BCUT2D eigenvalue weighted by atomic mass is 32.2. The SMILES string of the molecule is CCN(C(=O)[C@H](Cc1cc(F)cc(F)c1)NC(=O)CN1c2ccccc2N(CC(=O)N[C@@H](Cc2cc(F)cc(F)c2)C(=O)N(CC)c2ccc(OC(F)F)cc2)S1(=O)=O)c1ccc(OC(C)F)cc1. The van der Waals surface area contributed by atoms with Gasteiger partial charge < -0.3 is 29.9 Å². The first kappa shape index (κ1) is 51.0. The van der Waals surface area contributed by atoms with E-state index in [9.17, 15) is 58.3 Å². The Kier molecular flexibility index (Phi) is 16.4. The van der Waals surface area contributed by atoms with Crippen LogP contribution in [0.2, 0.25) is 0 Å². The van der Waals surface area contributed by atoms with E-state index in [0.29, 0.717) is 20.7 Å². The number of rotatable bonds is 20. The first-order valence-corrected chi connectivity index (χ1v) is 22.6. The number of benzene rings is 5. The summed E-state index contributed by atoms with van der Waals surface area (Å²) in [4.78, 5) is 58.6. The Morgan fingerprint density at radius 1 is 0.580 bits per heavy atom. The molecular weight excluding hydrogens is 942 g/mol. The van der Waals surface area contributed by atoms with E-state index in [4.69, 9.17) is 4.74 Å². The zero-order valence-electron chi connectivity index (χ0n) is 37.1. The van der Waals surface area contributed by atoms with Gasteiger partial charge in [-0.3, -0.25) is 19.2 Å². The predicted octanol–water partition coefficient (Wildman–Crippen LogP) is 6.97. The maximum atomic E-state index is 14.3. The number of amides is 4. The van der Waals surface area contributed by atoms with Crippen molar-refractivity contribution in [3.05, 3.63) is 144 Å². The molecule has 1 aliphatic rings. The Labute approximate surface area is 392 Å². The zero-order chi connectivity index (χ0) is 50.2. The molecule has 2 N–H and O–H groups in total. The fourth-order valence-corrected chi connectivity index (χ4v) is 9.27. The average Bonchev–Trinajstić information content (AvgIpc) is 3.47. The van der Waals surface area contributed by atoms with Gasteiger partial charge in [0.2, 0.25) is 30.0 Å². The lowest BCUT2D eigenvalue weighted by Gasteiger charge is -2.29. The fraction of sp³-hybridized carbons (Fsp3) is 0.277. The van der Waals surface area contributed by atoms with Crippen molar-refractivity contribution >= 4 is 56.6 Å². The maximum absolute atomic E-state index is 14.3. The van der Waals surface area contributed by atoms with E-state index in [1.807, 2.05) is 0 Å². The van der Waals surface area contributed by atoms with Gasteiger partial charge in [-0.05, 0) is 110 Å². The van der Waals surface area contributed by atoms with Gasteiger partial charge in [0.1, 0.15) is 59.9 Å². The van der Waals surface area contributed by atoms with E-state index in [1.165, 1.54) is 84.6 Å². The van der Waals surface area contributed by atoms with Crippen molar-refractivity contribution in [2.75, 3.05) is 44.6 Å². The van der Waals surface area contributed by atoms with Gasteiger partial charge in [0, 0.05) is 56.4 Å². The van der Waals surface area contributed by atoms with Crippen LogP contribution in [0.15, 0.2) is 109 Å². The van der Waals surface area contributed by atoms with Crippen LogP contribution in [0.5, 0.6) is 11.5 Å². The number of hydrogen-bond donors (Lipinski definition) is 2. The number of ether oxygens (including phenoxy) is 2. The molecule has 69 heavy (non-hydrogen) atoms. The molecule has 1 aliphatic heterocycles. The molecule has 0 fully saturated rings. The van der Waals surface area contributed by atoms with Crippen molar-refractivity contribution in [1.82, 2.24) is 10.6 Å². The first-order chi connectivity index (χ1) is 32.7. The van der Waals surface area contributed by atoms with Crippen molar-refractivity contribution < 1.29 is 67.8 Å². The van der Waals surface area contributed by atoms with Crippen LogP contribution in [-0.2, 0) is 42.2 Å². The highest BCUT2D eigenvalue weighted by molar-refractivity contribution is 7.94. The number of likely N-dealkylation sites (N-methyl/N-ethyl adjacent to an activating group) is 2. The number of hydrogen-bond acceptors (Lipinski definition) is 8. The smallest absolute Gasteiger partial charge is 0.387 e. The van der Waals surface area contributed by atoms with E-state index < -0.39 is 108 Å². The van der Waals surface area contributed by atoms with E-state index >= 15 is 0 Å². The van der Waals surface area contributed by atoms with Crippen molar-refractivity contribution in [2.24, 2.45) is 0 Å². The lowest BCUT2D eigenvalue weighted by molar-refractivity contribution is -0.126. The number of anilines is 4. The van der Waals surface area contributed by atoms with Crippen molar-refractivity contribution in [3.8, 4) is 11.5 Å². The van der Waals surface area contributed by atoms with Crippen LogP contribution in [0.3, 0.4) is 0 Å². The molecule has 0 saturated carbocycles. The summed E-state index contributed by atoms with van der Waals surface area (Å²) in [6.45, 7) is -0.775. The third kappa shape index (κ3) is 12.8. The summed E-state index contributed by atoms with van der Waals surface area (Å²) >= 11 is 0. The largest absolute Gasteiger partial charge is 0.461 e. The Balaban J connectivity index is 1.24. The summed E-state index contributed by atoms with van der Waals surface area (Å²) in [6, 6.07) is 18.1. The molecular formula is C47H45F7N6O8S. The van der Waals surface area contributed by atoms with Gasteiger partial charge in [-0.25, -0.2) is 30.6 Å². The highest BCUT2D eigenvalue weighted by Crippen LogP contribution is 2.40. The van der Waals surface area contributed by atoms with Gasteiger partial charge in [0.15, 0.2) is 0 Å². The maximum Gasteiger partial charge on any atom is 0.387 e. The summed E-state index contributed by atoms with van der Waals surface area (Å²) in [5.74, 6) is -7.68. The standard InChI is InChI=1S/C47H45F7N6O8S/c1-4-57(35-10-14-37(15-11-35)67-28(3)48)45(63)39(22-29-18-31(49)24-32(50)19-29)55-43(61)26-59-41-8-6-7-9-42(41)60(69(59,65)66)27-44(62)56-40(23-30-20-33(51)25-34(52)21-30)46(64)58(5-2)36-12-16-38(17-13-36)68-47(53)54/h6-21,24-25,28,39-40,47H,4-5,22-23,26-27H2,1-3H3,(H,55,61)(H,56,62)/t28?,39-,40-/m0/s1. The zero-order valence-corrected chi connectivity index (χ0v) is 37.9. The van der Waals surface area contributed by atoms with Crippen LogP contribution in [0.1, 0.15) is 31.9 Å². The summed E-state index contributed by atoms with van der Waals surface area (Å²) in [6.07, 6.45) is -2.58. The van der Waals surface area contributed by atoms with E-state index in [1.54, 1.807) is 13.8 Å². The molecule has 0 aliphatic carbocycles. The number of alkyl halides is 3. The molecule has 0 aromatic heterocycles. The minimum atomic E-state index is -4.83. The molecule has 0 spiro atoms. The second kappa shape index (κ2) is 22.2. The fourth-order valence-electron chi connectivity index (χ4n) is 7.66. The van der Waals surface area contributed by atoms with Crippen LogP contribution in [-0.4, -0.2) is 83.3 Å². The quantitative estimate of drug-likeness (QED) is 0.0793. The van der Waals surface area contributed by atoms with Crippen LogP contribution >= 0.6 is 0 Å². The normalized spacial score (nSPS) is 14.1. The van der Waals surface area contributed by atoms with Crippen LogP contribution in [0, 0.1) is 23.3 Å². The van der Waals surface area contributed by atoms with Crippen LogP contribution < -0.4 is 38.5 Å². The highest BCUT2D eigenvalue weighted by Gasteiger charge is 2.43. The number of nitrogens with zero attached hydrogens (tertiary/aromatic N) is 4. The molecule has 3 atom stereocenters. The number of carbonyl (C=O) groups is 4. The summed E-state index contributed by atoms with van der Waals surface area (Å²) < 4.78 is 136. The molecule has 0 bridgehead atoms. The number of para-hydroxylation sites is 2. The predicted molar refractivity (Wildman–Crippen MR) is 241 cm³/mol. The molecule has 22 heteroatoms. The number of halogens is 7. The van der Waals surface area contributed by atoms with Gasteiger partial charge in [-0.15, -0.1) is 0 Å². The molecule has 14 nitrogen and oxygen atoms in total. The first-order valence-electron chi connectivity index (χ1n) is 21.2. The Hall–Kier alpha value is -7.36. The van der Waals surface area contributed by atoms with Crippen LogP contribution in [0.4, 0.5) is 53.5 Å². The van der Waals surface area contributed by atoms with E-state index in [-0.39, 0.29) is 58.5 Å². The van der Waals surface area contributed by atoms with Crippen molar-refractivity contribution in [3.63, 3.8) is 0 Å². The minimum absolute atomic E-state index is 0.0154. The molecule has 5 aromatic rings. The van der Waals surface area contributed by atoms with Gasteiger partial charge >= 0.3 is 16.8 Å². The molecule has 6 rings (SSSR count). The molecule has 5 aromatic carbocycles. The Morgan fingerprint density at radius 3 is 1.28 bits per heavy atom. The number of nitrogens with one attached hydrogen (secondary N) is 2. The Bertz CT molecular complexity index is 2550. The molecule has 4 amide bonds. The molecule has 0 saturated heterocycles. The molecule has 0 radical (unpaired) electrons. The second-order valence-electron chi connectivity index (χ2n) is 15.4. The van der Waals surface area contributed by atoms with Crippen molar-refractivity contribution in [2.45, 2.75) is 58.7 Å². The van der Waals surface area contributed by atoms with Gasteiger partial charge in [0.05, 0.1) is 11.4 Å². The monoisotopic (exact) mass is 986 g/mol. The Morgan fingerprint density at radius 2 is 0.942 bits per heavy atom. The van der Waals surface area contributed by atoms with Gasteiger partial charge in [0.25, 0.3) is 0 Å². The molecule has 1 unspecified atom stereocenters. The van der Waals surface area contributed by atoms with Gasteiger partial charge in [-0.2, -0.15) is 17.2 Å². The summed E-state index contributed by atoms with van der Waals surface area (Å²) in [7, 11) is -4.83. The minimum Gasteiger partial charge on any atom is -0.461 e. The number of carbonyl (C=O) groups excluding carboxylic acids is 4. The van der Waals surface area contributed by atoms with Crippen LogP contribution in [0.25, 0.3) is 0 Å². The summed E-state index contributed by atoms with van der Waals surface area (Å²) in [5.41, 5.74) is 0.208. The topological polar surface area (TPSA) is 158 Å². The van der Waals surface area contributed by atoms with Crippen molar-refractivity contribution in [1.29, 1.82) is 0 Å². The van der Waals surface area contributed by atoms with E-state index in [0.717, 1.165) is 29.2 Å². The molecule has 366 valence electrons. The van der Waals surface area contributed by atoms with Gasteiger partial charge in [-0.1, -0.05) is 12.1 Å². The van der Waals surface area contributed by atoms with E-state index in [2.05, 4.69) is 15.4 Å². The second-order valence-corrected chi connectivity index (χ2v) is 17.2.